The number of para-hydroxylation sites is 3. The molecule has 0 bridgehead atoms. The minimum Gasteiger partial charge on any atom is -0.495 e. The molecule has 2 rings (SSSR count). The second-order valence-corrected chi connectivity index (χ2v) is 3.71. The summed E-state index contributed by atoms with van der Waals surface area (Å²) in [5, 5.41) is 12.2. The lowest BCUT2D eigenvalue weighted by Crippen LogP contribution is -2.00. The van der Waals surface area contributed by atoms with E-state index in [1.165, 1.54) is 0 Å². The van der Waals surface area contributed by atoms with Crippen LogP contribution in [0.3, 0.4) is 0 Å². The highest BCUT2D eigenvalue weighted by Gasteiger charge is 2.09. The summed E-state index contributed by atoms with van der Waals surface area (Å²) in [4.78, 5) is 0. The van der Waals surface area contributed by atoms with Crippen LogP contribution in [0.1, 0.15) is 5.56 Å². The van der Waals surface area contributed by atoms with Crippen molar-refractivity contribution in [3.05, 3.63) is 48.0 Å². The van der Waals surface area contributed by atoms with Gasteiger partial charge in [0.2, 0.25) is 0 Å². The van der Waals surface area contributed by atoms with E-state index in [9.17, 15) is 0 Å². The molecule has 2 aromatic carbocycles. The molecule has 0 spiro atoms. The lowest BCUT2D eigenvalue weighted by atomic mass is 10.1. The number of benzene rings is 2. The van der Waals surface area contributed by atoms with E-state index in [1.807, 2.05) is 18.2 Å². The molecule has 0 unspecified atom stereocenters. The maximum Gasteiger partial charge on any atom is 0.143 e. The molecule has 0 aliphatic carbocycles. The van der Waals surface area contributed by atoms with Gasteiger partial charge in [-0.05, 0) is 24.3 Å². The predicted octanol–water partition coefficient (Wildman–Crippen LogP) is 2.89. The van der Waals surface area contributed by atoms with Crippen LogP contribution in [-0.4, -0.2) is 7.11 Å². The maximum absolute atomic E-state index is 9.11. The van der Waals surface area contributed by atoms with Crippen LogP contribution in [0.15, 0.2) is 42.5 Å². The van der Waals surface area contributed by atoms with Gasteiger partial charge in [0.1, 0.15) is 11.8 Å². The van der Waals surface area contributed by atoms with Gasteiger partial charge in [0, 0.05) is 0 Å². The van der Waals surface area contributed by atoms with Gasteiger partial charge in [0.25, 0.3) is 0 Å². The first kappa shape index (κ1) is 11.8. The number of ether oxygens (including phenoxy) is 1. The lowest BCUT2D eigenvalue weighted by Gasteiger charge is -2.13. The molecular weight excluding hydrogens is 226 g/mol. The molecule has 90 valence electrons. The van der Waals surface area contributed by atoms with Crippen LogP contribution < -0.4 is 15.8 Å². The summed E-state index contributed by atoms with van der Waals surface area (Å²) in [6, 6.07) is 14.8. The van der Waals surface area contributed by atoms with Crippen LogP contribution in [0.5, 0.6) is 5.75 Å². The highest BCUT2D eigenvalue weighted by atomic mass is 16.5. The summed E-state index contributed by atoms with van der Waals surface area (Å²) in [6.45, 7) is 0. The maximum atomic E-state index is 9.11. The highest BCUT2D eigenvalue weighted by Crippen LogP contribution is 2.32. The molecule has 3 N–H and O–H groups in total. The van der Waals surface area contributed by atoms with Crippen LogP contribution in [0.2, 0.25) is 0 Å². The molecule has 0 heterocycles. The summed E-state index contributed by atoms with van der Waals surface area (Å²) in [5.41, 5.74) is 8.37. The van der Waals surface area contributed by atoms with E-state index in [1.54, 1.807) is 31.4 Å². The van der Waals surface area contributed by atoms with Crippen molar-refractivity contribution in [2.75, 3.05) is 18.2 Å². The summed E-state index contributed by atoms with van der Waals surface area (Å²) < 4.78 is 5.25. The van der Waals surface area contributed by atoms with Gasteiger partial charge in [-0.3, -0.25) is 0 Å². The van der Waals surface area contributed by atoms with E-state index in [4.69, 9.17) is 15.7 Å². The van der Waals surface area contributed by atoms with Crippen molar-refractivity contribution < 1.29 is 4.74 Å². The van der Waals surface area contributed by atoms with Crippen molar-refractivity contribution in [3.63, 3.8) is 0 Å². The third-order valence-corrected chi connectivity index (χ3v) is 2.59. The van der Waals surface area contributed by atoms with Gasteiger partial charge >= 0.3 is 0 Å². The molecule has 0 amide bonds. The predicted molar refractivity (Wildman–Crippen MR) is 71.8 cm³/mol. The Bertz CT molecular complexity index is 602. The molecule has 4 nitrogen and oxygen atoms in total. The van der Waals surface area contributed by atoms with Crippen molar-refractivity contribution in [3.8, 4) is 11.8 Å². The van der Waals surface area contributed by atoms with Crippen molar-refractivity contribution in [1.29, 1.82) is 5.26 Å². The average Bonchev–Trinajstić information content (AvgIpc) is 2.41. The van der Waals surface area contributed by atoms with E-state index in [0.29, 0.717) is 22.7 Å². The smallest absolute Gasteiger partial charge is 0.143 e. The topological polar surface area (TPSA) is 71.1 Å². The lowest BCUT2D eigenvalue weighted by molar-refractivity contribution is 0.416. The number of nitrogens with one attached hydrogen (secondary N) is 1. The van der Waals surface area contributed by atoms with Gasteiger partial charge in [0.15, 0.2) is 0 Å². The monoisotopic (exact) mass is 239 g/mol. The Morgan fingerprint density at radius 2 is 1.94 bits per heavy atom. The summed E-state index contributed by atoms with van der Waals surface area (Å²) in [7, 11) is 1.57. The molecule has 0 aliphatic rings. The standard InChI is InChI=1S/C14H13N3O/c1-18-13-8-4-5-10(9-15)14(13)17-12-7-3-2-6-11(12)16/h2-8,17H,16H2,1H3. The molecule has 18 heavy (non-hydrogen) atoms. The fourth-order valence-electron chi connectivity index (χ4n) is 1.67. The number of rotatable bonds is 3. The third kappa shape index (κ3) is 2.20. The number of nitriles is 1. The molecule has 0 aromatic heterocycles. The van der Waals surface area contributed by atoms with Crippen LogP contribution in [0.25, 0.3) is 0 Å². The number of methoxy groups -OCH3 is 1. The van der Waals surface area contributed by atoms with Gasteiger partial charge < -0.3 is 15.8 Å². The largest absolute Gasteiger partial charge is 0.495 e. The van der Waals surface area contributed by atoms with Gasteiger partial charge in [-0.25, -0.2) is 0 Å². The Morgan fingerprint density at radius 1 is 1.17 bits per heavy atom. The first-order valence-corrected chi connectivity index (χ1v) is 5.45. The van der Waals surface area contributed by atoms with Gasteiger partial charge in [-0.1, -0.05) is 18.2 Å². The minimum absolute atomic E-state index is 0.512. The second-order valence-electron chi connectivity index (χ2n) is 3.71. The molecule has 2 aromatic rings. The Kier molecular flexibility index (Phi) is 3.35. The molecule has 0 saturated heterocycles. The van der Waals surface area contributed by atoms with Crippen molar-refractivity contribution in [2.24, 2.45) is 0 Å². The fraction of sp³-hybridized carbons (Fsp3) is 0.0714. The zero-order valence-electron chi connectivity index (χ0n) is 9.97. The zero-order chi connectivity index (χ0) is 13.0. The highest BCUT2D eigenvalue weighted by molar-refractivity contribution is 5.78. The first-order valence-electron chi connectivity index (χ1n) is 5.45. The summed E-state index contributed by atoms with van der Waals surface area (Å²) >= 11 is 0. The Balaban J connectivity index is 2.46. The molecule has 0 saturated carbocycles. The first-order chi connectivity index (χ1) is 8.76. The molecule has 0 fully saturated rings. The molecular formula is C14H13N3O. The summed E-state index contributed by atoms with van der Waals surface area (Å²) in [5.74, 6) is 0.609. The molecule has 0 radical (unpaired) electrons. The number of anilines is 3. The van der Waals surface area contributed by atoms with E-state index in [2.05, 4.69) is 11.4 Å². The van der Waals surface area contributed by atoms with E-state index in [-0.39, 0.29) is 0 Å². The van der Waals surface area contributed by atoms with Gasteiger partial charge in [-0.15, -0.1) is 0 Å². The SMILES string of the molecule is COc1cccc(C#N)c1Nc1ccccc1N. The van der Waals surface area contributed by atoms with Gasteiger partial charge in [0.05, 0.1) is 29.7 Å². The van der Waals surface area contributed by atoms with Crippen molar-refractivity contribution >= 4 is 17.1 Å². The number of nitrogens with zero attached hydrogens (tertiary/aromatic N) is 1. The van der Waals surface area contributed by atoms with Crippen LogP contribution in [-0.2, 0) is 0 Å². The Morgan fingerprint density at radius 3 is 2.61 bits per heavy atom. The van der Waals surface area contributed by atoms with E-state index >= 15 is 0 Å². The third-order valence-electron chi connectivity index (χ3n) is 2.59. The normalized spacial score (nSPS) is 9.56. The van der Waals surface area contributed by atoms with Crippen LogP contribution in [0.4, 0.5) is 17.1 Å². The van der Waals surface area contributed by atoms with Gasteiger partial charge in [-0.2, -0.15) is 5.26 Å². The summed E-state index contributed by atoms with van der Waals surface area (Å²) in [6.07, 6.45) is 0. The second kappa shape index (κ2) is 5.11. The molecule has 4 heteroatoms. The minimum atomic E-state index is 0.512. The number of hydrogen-bond acceptors (Lipinski definition) is 4. The number of hydrogen-bond donors (Lipinski definition) is 2. The van der Waals surface area contributed by atoms with E-state index in [0.717, 1.165) is 5.69 Å². The molecule has 0 aliphatic heterocycles. The number of nitrogens with two attached hydrogens (primary N) is 1. The quantitative estimate of drug-likeness (QED) is 0.808. The Labute approximate surface area is 106 Å². The number of nitrogen functional groups attached to an aromatic ring is 1. The van der Waals surface area contributed by atoms with Crippen molar-refractivity contribution in [2.45, 2.75) is 0 Å². The zero-order valence-corrected chi connectivity index (χ0v) is 9.97. The van der Waals surface area contributed by atoms with Crippen LogP contribution in [0, 0.1) is 11.3 Å². The Hall–Kier alpha value is -2.67. The van der Waals surface area contributed by atoms with Crippen molar-refractivity contribution in [1.82, 2.24) is 0 Å². The fourth-order valence-corrected chi connectivity index (χ4v) is 1.67. The van der Waals surface area contributed by atoms with Crippen LogP contribution >= 0.6 is 0 Å². The average molecular weight is 239 g/mol. The molecule has 0 atom stereocenters. The van der Waals surface area contributed by atoms with E-state index < -0.39 is 0 Å².